The van der Waals surface area contributed by atoms with Gasteiger partial charge in [0.05, 0.1) is 12.5 Å². The van der Waals surface area contributed by atoms with Crippen LogP contribution in [0.1, 0.15) is 16.7 Å². The summed E-state index contributed by atoms with van der Waals surface area (Å²) in [5, 5.41) is 10.6. The van der Waals surface area contributed by atoms with Gasteiger partial charge in [-0.05, 0) is 11.6 Å². The first-order chi connectivity index (χ1) is 7.78. The Morgan fingerprint density at radius 3 is 2.75 bits per heavy atom. The zero-order valence-electron chi connectivity index (χ0n) is 8.76. The quantitative estimate of drug-likeness (QED) is 0.788. The van der Waals surface area contributed by atoms with E-state index in [9.17, 15) is 5.11 Å². The van der Waals surface area contributed by atoms with Crippen molar-refractivity contribution in [2.75, 3.05) is 0 Å². The molecule has 1 aromatic carbocycles. The highest BCUT2D eigenvalue weighted by Gasteiger charge is 2.30. The van der Waals surface area contributed by atoms with Gasteiger partial charge < -0.3 is 9.52 Å². The molecule has 1 heterocycles. The highest BCUT2D eigenvalue weighted by atomic mass is 16.3. The van der Waals surface area contributed by atoms with Gasteiger partial charge >= 0.3 is 0 Å². The summed E-state index contributed by atoms with van der Waals surface area (Å²) in [5.74, 6) is 0. The fraction of sp³-hybridized carbons (Fsp3) is 0.143. The molecule has 2 heteroatoms. The maximum absolute atomic E-state index is 10.6. The molecular weight excluding hydrogens is 200 g/mol. The smallest absolute Gasteiger partial charge is 0.112 e. The van der Waals surface area contributed by atoms with Crippen molar-refractivity contribution in [3.05, 3.63) is 65.6 Å². The number of aliphatic hydroxyl groups is 1. The molecule has 1 aliphatic carbocycles. The second-order valence-electron chi connectivity index (χ2n) is 4.15. The molecule has 0 radical (unpaired) electrons. The van der Waals surface area contributed by atoms with Crippen LogP contribution in [0.5, 0.6) is 0 Å². The third kappa shape index (κ3) is 1.39. The van der Waals surface area contributed by atoms with Crippen LogP contribution in [0, 0.1) is 0 Å². The van der Waals surface area contributed by atoms with Crippen molar-refractivity contribution in [3.63, 3.8) is 0 Å². The minimum absolute atomic E-state index is 0.569. The van der Waals surface area contributed by atoms with Gasteiger partial charge in [-0.1, -0.05) is 36.4 Å². The molecule has 1 atom stereocenters. The Balaban J connectivity index is 2.04. The summed E-state index contributed by atoms with van der Waals surface area (Å²) in [6.45, 7) is 0. The van der Waals surface area contributed by atoms with E-state index in [1.165, 1.54) is 0 Å². The molecule has 80 valence electrons. The molecule has 0 saturated heterocycles. The lowest BCUT2D eigenvalue weighted by Gasteiger charge is -2.27. The van der Waals surface area contributed by atoms with E-state index in [0.717, 1.165) is 16.7 Å². The van der Waals surface area contributed by atoms with Crippen LogP contribution in [0.25, 0.3) is 6.08 Å². The van der Waals surface area contributed by atoms with Gasteiger partial charge in [-0.25, -0.2) is 0 Å². The van der Waals surface area contributed by atoms with Gasteiger partial charge in [0.15, 0.2) is 0 Å². The first-order valence-corrected chi connectivity index (χ1v) is 5.30. The van der Waals surface area contributed by atoms with Gasteiger partial charge in [0.2, 0.25) is 0 Å². The summed E-state index contributed by atoms with van der Waals surface area (Å²) < 4.78 is 5.13. The third-order valence-corrected chi connectivity index (χ3v) is 3.05. The molecule has 0 aliphatic heterocycles. The van der Waals surface area contributed by atoms with E-state index in [1.807, 2.05) is 42.5 Å². The van der Waals surface area contributed by atoms with E-state index >= 15 is 0 Å². The molecule has 0 saturated carbocycles. The van der Waals surface area contributed by atoms with Crippen LogP contribution in [0.2, 0.25) is 0 Å². The van der Waals surface area contributed by atoms with Crippen molar-refractivity contribution in [2.45, 2.75) is 12.0 Å². The highest BCUT2D eigenvalue weighted by molar-refractivity contribution is 5.58. The number of furan rings is 1. The molecule has 0 spiro atoms. The van der Waals surface area contributed by atoms with Crippen LogP contribution in [0.4, 0.5) is 0 Å². The minimum Gasteiger partial charge on any atom is -0.472 e. The van der Waals surface area contributed by atoms with Crippen molar-refractivity contribution in [1.82, 2.24) is 0 Å². The maximum Gasteiger partial charge on any atom is 0.112 e. The Labute approximate surface area is 93.8 Å². The van der Waals surface area contributed by atoms with Crippen LogP contribution in [-0.2, 0) is 12.0 Å². The topological polar surface area (TPSA) is 33.4 Å². The number of rotatable bonds is 1. The summed E-state index contributed by atoms with van der Waals surface area (Å²) in [5.41, 5.74) is 2.12. The first kappa shape index (κ1) is 9.43. The Bertz CT molecular complexity index is 525. The monoisotopic (exact) mass is 212 g/mol. The lowest BCUT2D eigenvalue weighted by Crippen LogP contribution is -2.27. The van der Waals surface area contributed by atoms with Gasteiger partial charge in [0, 0.05) is 17.5 Å². The van der Waals surface area contributed by atoms with Gasteiger partial charge in [-0.15, -0.1) is 0 Å². The van der Waals surface area contributed by atoms with Crippen molar-refractivity contribution in [2.24, 2.45) is 0 Å². The minimum atomic E-state index is -0.905. The zero-order valence-corrected chi connectivity index (χ0v) is 8.76. The van der Waals surface area contributed by atoms with E-state index in [-0.39, 0.29) is 0 Å². The van der Waals surface area contributed by atoms with Crippen LogP contribution in [0.15, 0.2) is 53.4 Å². The fourth-order valence-electron chi connectivity index (χ4n) is 2.13. The lowest BCUT2D eigenvalue weighted by molar-refractivity contribution is 0.0892. The molecule has 1 N–H and O–H groups in total. The predicted octanol–water partition coefficient (Wildman–Crippen LogP) is 2.74. The van der Waals surface area contributed by atoms with Crippen LogP contribution in [-0.4, -0.2) is 5.11 Å². The molecule has 0 fully saturated rings. The third-order valence-electron chi connectivity index (χ3n) is 3.05. The molecule has 2 aromatic rings. The molecule has 16 heavy (non-hydrogen) atoms. The van der Waals surface area contributed by atoms with Gasteiger partial charge in [-0.2, -0.15) is 0 Å². The number of hydrogen-bond acceptors (Lipinski definition) is 2. The molecule has 0 bridgehead atoms. The molecule has 0 amide bonds. The van der Waals surface area contributed by atoms with Crippen molar-refractivity contribution in [1.29, 1.82) is 0 Å². The van der Waals surface area contributed by atoms with Crippen LogP contribution < -0.4 is 0 Å². The van der Waals surface area contributed by atoms with Gasteiger partial charge in [0.25, 0.3) is 0 Å². The average molecular weight is 212 g/mol. The van der Waals surface area contributed by atoms with Crippen molar-refractivity contribution < 1.29 is 9.52 Å². The van der Waals surface area contributed by atoms with Gasteiger partial charge in [-0.3, -0.25) is 0 Å². The van der Waals surface area contributed by atoms with Crippen molar-refractivity contribution in [3.8, 4) is 0 Å². The molecule has 1 aliphatic rings. The summed E-state index contributed by atoms with van der Waals surface area (Å²) in [7, 11) is 0. The largest absolute Gasteiger partial charge is 0.472 e. The number of hydrogen-bond donors (Lipinski definition) is 1. The second kappa shape index (κ2) is 3.35. The molecule has 1 aromatic heterocycles. The lowest BCUT2D eigenvalue weighted by atomic mass is 9.83. The van der Waals surface area contributed by atoms with E-state index in [2.05, 4.69) is 0 Å². The highest BCUT2D eigenvalue weighted by Crippen LogP contribution is 2.33. The second-order valence-corrected chi connectivity index (χ2v) is 4.15. The van der Waals surface area contributed by atoms with Crippen molar-refractivity contribution >= 4 is 6.08 Å². The summed E-state index contributed by atoms with van der Waals surface area (Å²) in [6, 6.07) is 9.70. The predicted molar refractivity (Wildman–Crippen MR) is 61.8 cm³/mol. The summed E-state index contributed by atoms with van der Waals surface area (Å²) in [6.07, 6.45) is 7.72. The average Bonchev–Trinajstić information content (AvgIpc) is 2.77. The van der Waals surface area contributed by atoms with E-state index in [1.54, 1.807) is 12.5 Å². The zero-order chi connectivity index (χ0) is 11.0. The maximum atomic E-state index is 10.6. The fourth-order valence-corrected chi connectivity index (χ4v) is 2.13. The number of benzene rings is 1. The molecule has 1 unspecified atom stereocenters. The Morgan fingerprint density at radius 2 is 1.94 bits per heavy atom. The summed E-state index contributed by atoms with van der Waals surface area (Å²) >= 11 is 0. The molecule has 3 rings (SSSR count). The van der Waals surface area contributed by atoms with E-state index in [0.29, 0.717) is 6.42 Å². The Kier molecular flexibility index (Phi) is 1.98. The standard InChI is InChI=1S/C14H12O2/c15-14(13-4-2-1-3-5-13)7-6-11-9-16-10-12(11)8-14/h1-7,9-10,15H,8H2. The normalized spacial score (nSPS) is 23.1. The van der Waals surface area contributed by atoms with E-state index < -0.39 is 5.60 Å². The first-order valence-electron chi connectivity index (χ1n) is 5.30. The van der Waals surface area contributed by atoms with Gasteiger partial charge in [0.1, 0.15) is 5.60 Å². The Hall–Kier alpha value is -1.80. The van der Waals surface area contributed by atoms with E-state index in [4.69, 9.17) is 4.42 Å². The van der Waals surface area contributed by atoms with Crippen LogP contribution in [0.3, 0.4) is 0 Å². The van der Waals surface area contributed by atoms with Crippen LogP contribution >= 0.6 is 0 Å². The SMILES string of the molecule is OC1(c2ccccc2)C=Cc2cocc2C1. The molecule has 2 nitrogen and oxygen atoms in total. The molecular formula is C14H12O2. The number of fused-ring (bicyclic) bond motifs is 1. The summed E-state index contributed by atoms with van der Waals surface area (Å²) in [4.78, 5) is 0. The Morgan fingerprint density at radius 1 is 1.12 bits per heavy atom.